The number of aliphatic carboxylic acids is 1. The Morgan fingerprint density at radius 1 is 1.00 bits per heavy atom. The van der Waals surface area contributed by atoms with Crippen LogP contribution in [0.3, 0.4) is 0 Å². The predicted octanol–water partition coefficient (Wildman–Crippen LogP) is 3.15. The van der Waals surface area contributed by atoms with Crippen molar-refractivity contribution in [2.24, 2.45) is 17.6 Å². The van der Waals surface area contributed by atoms with E-state index in [1.165, 1.54) is 18.7 Å². The minimum absolute atomic E-state index is 0.0125. The number of piperidine rings is 1. The molecule has 4 rings (SSSR count). The van der Waals surface area contributed by atoms with Crippen molar-refractivity contribution < 1.29 is 43.4 Å². The van der Waals surface area contributed by atoms with Crippen LogP contribution in [0.25, 0.3) is 0 Å². The zero-order valence-corrected chi connectivity index (χ0v) is 36.4. The second-order valence-corrected chi connectivity index (χ2v) is 18.7. The number of hydrogen-bond acceptors (Lipinski definition) is 11. The molecular formula is C43H65N7O9S. The number of hydrogen-bond donors (Lipinski definition) is 6. The van der Waals surface area contributed by atoms with Gasteiger partial charge in [0.2, 0.25) is 29.5 Å². The van der Waals surface area contributed by atoms with Crippen LogP contribution < -0.4 is 21.7 Å². The van der Waals surface area contributed by atoms with Gasteiger partial charge in [0.15, 0.2) is 0 Å². The minimum Gasteiger partial charge on any atom is -0.480 e. The van der Waals surface area contributed by atoms with E-state index in [1.807, 2.05) is 51.1 Å². The van der Waals surface area contributed by atoms with Gasteiger partial charge in [0.1, 0.15) is 18.2 Å². The highest BCUT2D eigenvalue weighted by Gasteiger charge is 2.42. The maximum Gasteiger partial charge on any atom is 0.325 e. The van der Waals surface area contributed by atoms with Crippen molar-refractivity contribution >= 4 is 59.1 Å². The number of imide groups is 1. The monoisotopic (exact) mass is 855 g/mol. The van der Waals surface area contributed by atoms with Gasteiger partial charge in [-0.1, -0.05) is 49.6 Å². The molecule has 1 unspecified atom stereocenters. The molecule has 1 aromatic rings. The number of esters is 1. The molecule has 2 saturated heterocycles. The van der Waals surface area contributed by atoms with Gasteiger partial charge >= 0.3 is 11.9 Å². The van der Waals surface area contributed by atoms with Gasteiger partial charge in [-0.15, -0.1) is 11.8 Å². The second kappa shape index (κ2) is 22.9. The molecule has 17 heteroatoms. The van der Waals surface area contributed by atoms with Crippen molar-refractivity contribution in [2.75, 3.05) is 25.4 Å². The number of likely N-dealkylation sites (tertiary alicyclic amines) is 2. The molecule has 5 amide bonds. The molecule has 2 aliphatic heterocycles. The van der Waals surface area contributed by atoms with Crippen molar-refractivity contribution in [1.82, 2.24) is 25.8 Å². The molecule has 0 spiro atoms. The van der Waals surface area contributed by atoms with Crippen LogP contribution in [0.15, 0.2) is 30.3 Å². The molecule has 1 saturated carbocycles. The van der Waals surface area contributed by atoms with Gasteiger partial charge < -0.3 is 31.5 Å². The smallest absolute Gasteiger partial charge is 0.325 e. The standard InChI is InChI=1S/C43H65N7O9S/c1-27(42(57)58)46-39(54)32(47-36(51)20-21-50-37(52)24-34(41(50)56)60-22-10-15-35(44)45)18-19-38(53)59-31(17-16-28-11-6-5-7-12-28)26-49-25-30-14-9-8-13-29(30)23-33(49)40(55)48-43(2,3)4/h5-7,11-12,27,29-34H,8-10,13-26H2,1-4H3,(H3,44,45)(H,46,54)(H,47,51)(H,48,55)(H,57,58)/t27-,29+,30-,31+,32+,33+,34?/m1/s1. The van der Waals surface area contributed by atoms with Gasteiger partial charge in [-0.3, -0.25) is 48.8 Å². The molecule has 0 bridgehead atoms. The molecule has 1 aliphatic carbocycles. The number of nitrogens with two attached hydrogens (primary N) is 1. The SMILES string of the molecule is C[C@@H](NC(=O)[C@H](CCC(=O)O[C@@H](CCc1ccccc1)CN1C[C@H]2CCCC[C@H]2C[C@H]1C(=O)NC(C)(C)C)NC(=O)CCN1C(=O)CC(SCCCC(=N)N)C1=O)C(=O)O. The number of thioether (sulfide) groups is 1. The molecule has 7 atom stereocenters. The topological polar surface area (TPSA) is 241 Å². The average Bonchev–Trinajstić information content (AvgIpc) is 3.46. The first-order valence-electron chi connectivity index (χ1n) is 21.3. The number of nitrogens with one attached hydrogen (secondary N) is 4. The van der Waals surface area contributed by atoms with Gasteiger partial charge in [-0.05, 0) is 89.4 Å². The summed E-state index contributed by atoms with van der Waals surface area (Å²) in [7, 11) is 0. The molecule has 7 N–H and O–H groups in total. The molecule has 2 heterocycles. The van der Waals surface area contributed by atoms with Gasteiger partial charge in [-0.2, -0.15) is 0 Å². The molecule has 3 fully saturated rings. The van der Waals surface area contributed by atoms with E-state index in [-0.39, 0.29) is 50.0 Å². The fraction of sp³-hybridized carbons (Fsp3) is 0.674. The molecule has 1 aromatic carbocycles. The lowest BCUT2D eigenvalue weighted by atomic mass is 9.72. The van der Waals surface area contributed by atoms with Crippen LogP contribution >= 0.6 is 11.8 Å². The molecule has 3 aliphatic rings. The minimum atomic E-state index is -1.32. The number of fused-ring (bicyclic) bond motifs is 1. The van der Waals surface area contributed by atoms with E-state index in [2.05, 4.69) is 20.9 Å². The van der Waals surface area contributed by atoms with Gasteiger partial charge in [0, 0.05) is 50.9 Å². The van der Waals surface area contributed by atoms with E-state index in [4.69, 9.17) is 15.9 Å². The number of aryl methyl sites for hydroxylation is 1. The number of rotatable bonds is 22. The first kappa shape index (κ1) is 48.2. The molecule has 16 nitrogen and oxygen atoms in total. The van der Waals surface area contributed by atoms with Crippen LogP contribution in [-0.4, -0.2) is 123 Å². The summed E-state index contributed by atoms with van der Waals surface area (Å²) in [5.74, 6) is -2.79. The Hall–Kier alpha value is -4.51. The molecule has 60 heavy (non-hydrogen) atoms. The number of ether oxygens (including phenoxy) is 1. The van der Waals surface area contributed by atoms with Gasteiger partial charge in [0.25, 0.3) is 0 Å². The van der Waals surface area contributed by atoms with Crippen molar-refractivity contribution in [2.45, 2.75) is 146 Å². The third-order valence-corrected chi connectivity index (χ3v) is 12.6. The van der Waals surface area contributed by atoms with E-state index in [9.17, 15) is 38.7 Å². The summed E-state index contributed by atoms with van der Waals surface area (Å²) in [6.45, 7) is 7.98. The summed E-state index contributed by atoms with van der Waals surface area (Å²) in [6.07, 6.45) is 5.88. The fourth-order valence-electron chi connectivity index (χ4n) is 8.19. The number of amidine groups is 1. The van der Waals surface area contributed by atoms with Crippen LogP contribution in [0, 0.1) is 17.2 Å². The zero-order valence-electron chi connectivity index (χ0n) is 35.5. The highest BCUT2D eigenvalue weighted by Crippen LogP contribution is 2.39. The Kier molecular flexibility index (Phi) is 18.4. The first-order valence-corrected chi connectivity index (χ1v) is 22.4. The lowest BCUT2D eigenvalue weighted by molar-refractivity contribution is -0.152. The number of carboxylic acids is 1. The van der Waals surface area contributed by atoms with Crippen molar-refractivity contribution in [3.05, 3.63) is 35.9 Å². The summed E-state index contributed by atoms with van der Waals surface area (Å²) < 4.78 is 6.14. The van der Waals surface area contributed by atoms with Crippen LogP contribution in [0.2, 0.25) is 0 Å². The summed E-state index contributed by atoms with van der Waals surface area (Å²) in [5.41, 5.74) is 6.04. The van der Waals surface area contributed by atoms with E-state index in [0.29, 0.717) is 49.8 Å². The largest absolute Gasteiger partial charge is 0.480 e. The highest BCUT2D eigenvalue weighted by atomic mass is 32.2. The number of carbonyl (C=O) groups excluding carboxylic acids is 6. The normalized spacial score (nSPS) is 22.2. The Labute approximate surface area is 357 Å². The fourth-order valence-corrected chi connectivity index (χ4v) is 9.31. The Balaban J connectivity index is 1.42. The van der Waals surface area contributed by atoms with Crippen LogP contribution in [-0.2, 0) is 44.7 Å². The van der Waals surface area contributed by atoms with Crippen molar-refractivity contribution in [3.8, 4) is 0 Å². The van der Waals surface area contributed by atoms with Crippen LogP contribution in [0.1, 0.15) is 110 Å². The summed E-state index contributed by atoms with van der Waals surface area (Å²) in [6, 6.07) is 6.83. The molecule has 332 valence electrons. The number of amides is 5. The van der Waals surface area contributed by atoms with Crippen molar-refractivity contribution in [3.63, 3.8) is 0 Å². The summed E-state index contributed by atoms with van der Waals surface area (Å²) >= 11 is 1.30. The molecular weight excluding hydrogens is 791 g/mol. The Bertz CT molecular complexity index is 1690. The van der Waals surface area contributed by atoms with Gasteiger partial charge in [0.05, 0.1) is 17.1 Å². The Morgan fingerprint density at radius 2 is 1.70 bits per heavy atom. The second-order valence-electron chi connectivity index (χ2n) is 17.4. The first-order chi connectivity index (χ1) is 28.4. The number of nitrogens with zero attached hydrogens (tertiary/aromatic N) is 2. The van der Waals surface area contributed by atoms with Crippen LogP contribution in [0.5, 0.6) is 0 Å². The lowest BCUT2D eigenvalue weighted by Gasteiger charge is -2.46. The molecule has 0 radical (unpaired) electrons. The van der Waals surface area contributed by atoms with E-state index in [0.717, 1.165) is 49.1 Å². The summed E-state index contributed by atoms with van der Waals surface area (Å²) in [4.78, 5) is 94.3. The maximum absolute atomic E-state index is 13.7. The van der Waals surface area contributed by atoms with Crippen LogP contribution in [0.4, 0.5) is 0 Å². The van der Waals surface area contributed by atoms with E-state index >= 15 is 0 Å². The highest BCUT2D eigenvalue weighted by molar-refractivity contribution is 8.00. The van der Waals surface area contributed by atoms with E-state index < -0.39 is 64.5 Å². The quantitative estimate of drug-likeness (QED) is 0.0324. The lowest BCUT2D eigenvalue weighted by Crippen LogP contribution is -2.58. The third-order valence-electron chi connectivity index (χ3n) is 11.3. The summed E-state index contributed by atoms with van der Waals surface area (Å²) in [5, 5.41) is 24.3. The van der Waals surface area contributed by atoms with E-state index in [1.54, 1.807) is 0 Å². The number of carboxylic acid groups (broad SMARTS) is 1. The predicted molar refractivity (Wildman–Crippen MR) is 228 cm³/mol. The Morgan fingerprint density at radius 3 is 2.37 bits per heavy atom. The number of carbonyl (C=O) groups is 7. The number of benzene rings is 1. The third kappa shape index (κ3) is 15.5. The average molecular weight is 856 g/mol. The van der Waals surface area contributed by atoms with Gasteiger partial charge in [-0.25, -0.2) is 0 Å². The maximum atomic E-state index is 13.7. The van der Waals surface area contributed by atoms with Crippen molar-refractivity contribution in [1.29, 1.82) is 5.41 Å². The molecule has 0 aromatic heterocycles. The zero-order chi connectivity index (χ0) is 44.0.